The molecular weight excluding hydrogens is 322 g/mol. The number of nitrogens with zero attached hydrogens (tertiary/aromatic N) is 3. The summed E-state index contributed by atoms with van der Waals surface area (Å²) in [6.07, 6.45) is 11.9. The highest BCUT2D eigenvalue weighted by molar-refractivity contribution is 4.99. The van der Waals surface area contributed by atoms with Crippen LogP contribution in [-0.4, -0.2) is 66.1 Å². The highest BCUT2D eigenvalue weighted by Crippen LogP contribution is 2.34. The van der Waals surface area contributed by atoms with Crippen molar-refractivity contribution in [3.63, 3.8) is 0 Å². The summed E-state index contributed by atoms with van der Waals surface area (Å²) in [6.45, 7) is 8.92. The first-order valence-corrected chi connectivity index (χ1v) is 11.1. The van der Waals surface area contributed by atoms with Crippen molar-refractivity contribution < 1.29 is 4.42 Å². The van der Waals surface area contributed by atoms with Gasteiger partial charge in [-0.15, -0.1) is 0 Å². The maximum absolute atomic E-state index is 5.53. The van der Waals surface area contributed by atoms with Gasteiger partial charge < -0.3 is 4.42 Å². The van der Waals surface area contributed by atoms with Crippen molar-refractivity contribution in [2.45, 2.75) is 63.6 Å². The molecule has 4 saturated heterocycles. The van der Waals surface area contributed by atoms with Crippen LogP contribution in [0.3, 0.4) is 0 Å². The van der Waals surface area contributed by atoms with Crippen LogP contribution in [0.25, 0.3) is 0 Å². The molecule has 6 rings (SSSR count). The minimum Gasteiger partial charge on any atom is -0.468 e. The van der Waals surface area contributed by atoms with Gasteiger partial charge in [-0.25, -0.2) is 0 Å². The fourth-order valence-electron chi connectivity index (χ4n) is 5.81. The fraction of sp³-hybridized carbons (Fsp3) is 0.818. The van der Waals surface area contributed by atoms with Crippen LogP contribution in [0.5, 0.6) is 0 Å². The average Bonchev–Trinajstić information content (AvgIpc) is 2.96. The molecule has 0 spiro atoms. The Kier molecular flexibility index (Phi) is 5.08. The Morgan fingerprint density at radius 3 is 2.54 bits per heavy atom. The van der Waals surface area contributed by atoms with Gasteiger partial charge in [0, 0.05) is 51.4 Å². The first-order chi connectivity index (χ1) is 12.8. The van der Waals surface area contributed by atoms with Crippen molar-refractivity contribution >= 4 is 0 Å². The predicted octanol–water partition coefficient (Wildman–Crippen LogP) is 3.44. The summed E-state index contributed by atoms with van der Waals surface area (Å²) in [4.78, 5) is 8.36. The second kappa shape index (κ2) is 7.65. The normalized spacial score (nSPS) is 32.6. The van der Waals surface area contributed by atoms with E-state index in [2.05, 4.69) is 20.8 Å². The third-order valence-corrected chi connectivity index (χ3v) is 7.61. The maximum Gasteiger partial charge on any atom is 0.117 e. The standard InChI is InChI=1S/C22H35N3O/c1-3-18(4-1)13-24-14-19-6-7-21(24)16-25(15-19)20-8-10-23(11-9-20)17-22-5-2-12-26-22/h2,5,12,18-21H,1,3-4,6-11,13-17H2/t19-,21-/m1/s1. The van der Waals surface area contributed by atoms with Crippen LogP contribution in [0.1, 0.15) is 50.7 Å². The molecule has 5 fully saturated rings. The van der Waals surface area contributed by atoms with Crippen LogP contribution in [0, 0.1) is 11.8 Å². The largest absolute Gasteiger partial charge is 0.468 e. The number of hydrogen-bond donors (Lipinski definition) is 0. The number of furan rings is 1. The third-order valence-electron chi connectivity index (χ3n) is 7.61. The number of hydrogen-bond acceptors (Lipinski definition) is 4. The Morgan fingerprint density at radius 2 is 1.81 bits per heavy atom. The van der Waals surface area contributed by atoms with E-state index in [1.165, 1.54) is 84.2 Å². The lowest BCUT2D eigenvalue weighted by atomic mass is 9.83. The molecule has 0 aromatic carbocycles. The Labute approximate surface area is 158 Å². The summed E-state index contributed by atoms with van der Waals surface area (Å²) in [5.41, 5.74) is 0. The lowest BCUT2D eigenvalue weighted by Crippen LogP contribution is -2.49. The second-order valence-corrected chi connectivity index (χ2v) is 9.39. The van der Waals surface area contributed by atoms with Crippen molar-refractivity contribution in [1.29, 1.82) is 0 Å². The van der Waals surface area contributed by atoms with Gasteiger partial charge in [-0.3, -0.25) is 14.7 Å². The Bertz CT molecular complexity index is 562. The first-order valence-electron chi connectivity index (χ1n) is 11.1. The molecular formula is C22H35N3O. The zero-order valence-corrected chi connectivity index (χ0v) is 16.2. The molecule has 1 saturated carbocycles. The molecule has 2 atom stereocenters. The molecule has 4 nitrogen and oxygen atoms in total. The van der Waals surface area contributed by atoms with Gasteiger partial charge in [0.25, 0.3) is 0 Å². The van der Waals surface area contributed by atoms with Crippen LogP contribution in [0.4, 0.5) is 0 Å². The summed E-state index contributed by atoms with van der Waals surface area (Å²) in [5.74, 6) is 3.06. The quantitative estimate of drug-likeness (QED) is 0.805. The second-order valence-electron chi connectivity index (χ2n) is 9.39. The molecule has 144 valence electrons. The van der Waals surface area contributed by atoms with Gasteiger partial charge in [0.05, 0.1) is 12.8 Å². The van der Waals surface area contributed by atoms with Gasteiger partial charge in [0.1, 0.15) is 5.76 Å². The molecule has 0 radical (unpaired) electrons. The Balaban J connectivity index is 1.15. The summed E-state index contributed by atoms with van der Waals surface area (Å²) in [6, 6.07) is 5.77. The molecule has 1 aromatic rings. The fourth-order valence-corrected chi connectivity index (χ4v) is 5.81. The molecule has 0 N–H and O–H groups in total. The van der Waals surface area contributed by atoms with Gasteiger partial charge in [-0.2, -0.15) is 0 Å². The topological polar surface area (TPSA) is 22.9 Å². The molecule has 26 heavy (non-hydrogen) atoms. The van der Waals surface area contributed by atoms with Crippen molar-refractivity contribution in [3.8, 4) is 0 Å². The lowest BCUT2D eigenvalue weighted by molar-refractivity contribution is 0.0781. The van der Waals surface area contributed by atoms with Crippen LogP contribution >= 0.6 is 0 Å². The Hall–Kier alpha value is -0.840. The van der Waals surface area contributed by atoms with Crippen molar-refractivity contribution in [1.82, 2.24) is 14.7 Å². The predicted molar refractivity (Wildman–Crippen MR) is 104 cm³/mol. The summed E-state index contributed by atoms with van der Waals surface area (Å²) < 4.78 is 5.53. The smallest absolute Gasteiger partial charge is 0.117 e. The van der Waals surface area contributed by atoms with E-state index in [9.17, 15) is 0 Å². The van der Waals surface area contributed by atoms with Gasteiger partial charge in [0.2, 0.25) is 0 Å². The molecule has 0 unspecified atom stereocenters. The molecule has 5 heterocycles. The van der Waals surface area contributed by atoms with Crippen LogP contribution in [-0.2, 0) is 6.54 Å². The van der Waals surface area contributed by atoms with E-state index in [-0.39, 0.29) is 0 Å². The maximum atomic E-state index is 5.53. The molecule has 5 aliphatic rings. The van der Waals surface area contributed by atoms with Crippen molar-refractivity contribution in [3.05, 3.63) is 24.2 Å². The number of fused-ring (bicyclic) bond motifs is 4. The molecule has 2 bridgehead atoms. The highest BCUT2D eigenvalue weighted by atomic mass is 16.3. The van der Waals surface area contributed by atoms with E-state index in [1.807, 2.05) is 6.07 Å². The molecule has 1 aromatic heterocycles. The molecule has 4 aliphatic heterocycles. The van der Waals surface area contributed by atoms with E-state index in [0.717, 1.165) is 36.2 Å². The zero-order valence-electron chi connectivity index (χ0n) is 16.2. The zero-order chi connectivity index (χ0) is 17.3. The molecule has 4 heteroatoms. The number of likely N-dealkylation sites (tertiary alicyclic amines) is 1. The summed E-state index contributed by atoms with van der Waals surface area (Å²) in [5, 5.41) is 0. The van der Waals surface area contributed by atoms with E-state index >= 15 is 0 Å². The average molecular weight is 358 g/mol. The van der Waals surface area contributed by atoms with Gasteiger partial charge in [-0.05, 0) is 62.5 Å². The Morgan fingerprint density at radius 1 is 0.923 bits per heavy atom. The minimum atomic E-state index is 0.814. The van der Waals surface area contributed by atoms with Crippen molar-refractivity contribution in [2.75, 3.05) is 39.3 Å². The lowest BCUT2D eigenvalue weighted by Gasteiger charge is -2.41. The highest BCUT2D eigenvalue weighted by Gasteiger charge is 2.38. The van der Waals surface area contributed by atoms with E-state index in [4.69, 9.17) is 4.42 Å². The monoisotopic (exact) mass is 357 g/mol. The summed E-state index contributed by atoms with van der Waals surface area (Å²) >= 11 is 0. The van der Waals surface area contributed by atoms with Gasteiger partial charge in [-0.1, -0.05) is 6.42 Å². The van der Waals surface area contributed by atoms with E-state index in [1.54, 1.807) is 6.26 Å². The van der Waals surface area contributed by atoms with E-state index in [0.29, 0.717) is 0 Å². The van der Waals surface area contributed by atoms with Gasteiger partial charge >= 0.3 is 0 Å². The van der Waals surface area contributed by atoms with E-state index < -0.39 is 0 Å². The van der Waals surface area contributed by atoms with Crippen LogP contribution < -0.4 is 0 Å². The summed E-state index contributed by atoms with van der Waals surface area (Å²) in [7, 11) is 0. The minimum absolute atomic E-state index is 0.814. The SMILES string of the molecule is c1coc(CN2CCC(N3C[C@@H]4CC[C@H](C3)N(CC3CCC3)C4)CC2)c1. The van der Waals surface area contributed by atoms with Crippen LogP contribution in [0.15, 0.2) is 22.8 Å². The third kappa shape index (κ3) is 3.74. The number of piperidine rings is 2. The van der Waals surface area contributed by atoms with Gasteiger partial charge in [0.15, 0.2) is 0 Å². The first kappa shape index (κ1) is 17.3. The van der Waals surface area contributed by atoms with Crippen molar-refractivity contribution in [2.24, 2.45) is 11.8 Å². The number of rotatable bonds is 5. The van der Waals surface area contributed by atoms with Crippen LogP contribution in [0.2, 0.25) is 0 Å². The molecule has 0 amide bonds. The molecule has 1 aliphatic carbocycles.